The van der Waals surface area contributed by atoms with Crippen molar-refractivity contribution in [2.45, 2.75) is 6.92 Å². The zero-order chi connectivity index (χ0) is 55.4. The van der Waals surface area contributed by atoms with Crippen molar-refractivity contribution in [1.82, 2.24) is 0 Å². The summed E-state index contributed by atoms with van der Waals surface area (Å²) < 4.78 is 5.22. The van der Waals surface area contributed by atoms with Gasteiger partial charge in [0.05, 0.1) is 11.4 Å². The lowest BCUT2D eigenvalue weighted by molar-refractivity contribution is 1.24. The van der Waals surface area contributed by atoms with Gasteiger partial charge < -0.3 is 9.80 Å². The lowest BCUT2D eigenvalue weighted by Gasteiger charge is -2.46. The highest BCUT2D eigenvalue weighted by Gasteiger charge is 2.45. The van der Waals surface area contributed by atoms with E-state index in [1.54, 1.807) is 0 Å². The third-order valence-corrected chi connectivity index (χ3v) is 19.9. The SMILES string of the molecule is Cc1cc2c3c(c1)N(c1c(-c4ccccc4)cccc1-c1ccccc1)c1ccc(-c4cccc5c4sc4ccccc45)cc1B3c1cc(-c3cccc4c3sc3ccccc34)ccc1N2c1c(-c2ccccc2)cccc1-c1ccccc1. The highest BCUT2D eigenvalue weighted by atomic mass is 32.1. The van der Waals surface area contributed by atoms with Crippen LogP contribution in [0.2, 0.25) is 0 Å². The number of para-hydroxylation sites is 2. The van der Waals surface area contributed by atoms with Crippen molar-refractivity contribution >= 4 is 120 Å². The molecule has 0 atom stereocenters. The lowest BCUT2D eigenvalue weighted by atomic mass is 9.33. The fourth-order valence-corrected chi connectivity index (χ4v) is 16.4. The fourth-order valence-electron chi connectivity index (χ4n) is 13.9. The first-order valence-corrected chi connectivity index (χ1v) is 30.6. The van der Waals surface area contributed by atoms with E-state index in [0.29, 0.717) is 0 Å². The van der Waals surface area contributed by atoms with Gasteiger partial charge in [0.25, 0.3) is 6.71 Å². The summed E-state index contributed by atoms with van der Waals surface area (Å²) in [5.74, 6) is 0. The van der Waals surface area contributed by atoms with Gasteiger partial charge in [-0.2, -0.15) is 0 Å². The highest BCUT2D eigenvalue weighted by Crippen LogP contribution is 2.54. The fraction of sp³-hybridized carbons (Fsp3) is 0.0127. The van der Waals surface area contributed by atoms with E-state index in [-0.39, 0.29) is 6.71 Å². The van der Waals surface area contributed by atoms with E-state index in [1.165, 1.54) is 152 Å². The van der Waals surface area contributed by atoms with Crippen molar-refractivity contribution in [3.8, 4) is 66.8 Å². The van der Waals surface area contributed by atoms with E-state index in [2.05, 4.69) is 308 Å². The molecule has 84 heavy (non-hydrogen) atoms. The largest absolute Gasteiger partial charge is 0.310 e. The standard InChI is InChI=1S/C79H51BN2S2/c1-50-46-71-75-72(47-50)82(77-59(53-26-10-4-11-27-53)34-19-35-60(77)54-28-12-5-13-29-54)70-45-43-56(62-37-21-39-66-64-31-15-17-41-74(64)84-79(62)66)49-68(70)80(75)67-48-55(61-36-20-38-65-63-30-14-16-40-73(63)83-78(61)65)42-44-69(67)81(71)76-57(51-22-6-2-7-23-51)32-18-33-58(76)52-24-8-3-9-25-52/h2-49H,1H3. The van der Waals surface area contributed by atoms with Gasteiger partial charge in [-0.1, -0.05) is 255 Å². The third-order valence-electron chi connectivity index (χ3n) is 17.5. The van der Waals surface area contributed by atoms with Crippen molar-refractivity contribution in [2.24, 2.45) is 0 Å². The van der Waals surface area contributed by atoms with Gasteiger partial charge in [0.1, 0.15) is 0 Å². The molecule has 0 spiro atoms. The predicted octanol–water partition coefficient (Wildman–Crippen LogP) is 20.8. The first-order chi connectivity index (χ1) is 41.6. The first kappa shape index (κ1) is 48.7. The number of fused-ring (bicyclic) bond motifs is 10. The Hall–Kier alpha value is -10.0. The normalized spacial score (nSPS) is 12.5. The Labute approximate surface area is 497 Å². The second kappa shape index (κ2) is 19.6. The smallest absolute Gasteiger partial charge is 0.252 e. The number of rotatable bonds is 8. The summed E-state index contributed by atoms with van der Waals surface area (Å²) in [6, 6.07) is 109. The van der Waals surface area contributed by atoms with E-state index in [9.17, 15) is 0 Å². The van der Waals surface area contributed by atoms with Gasteiger partial charge in [-0.25, -0.2) is 0 Å². The zero-order valence-corrected chi connectivity index (χ0v) is 47.6. The van der Waals surface area contributed by atoms with Gasteiger partial charge in [-0.3, -0.25) is 0 Å². The van der Waals surface area contributed by atoms with Gasteiger partial charge in [0.15, 0.2) is 0 Å². The molecule has 2 nitrogen and oxygen atoms in total. The average molecular weight is 1100 g/mol. The summed E-state index contributed by atoms with van der Waals surface area (Å²) in [6.07, 6.45) is 0. The second-order valence-corrected chi connectivity index (χ2v) is 24.4. The minimum absolute atomic E-state index is 0.177. The Kier molecular flexibility index (Phi) is 11.3. The Bertz CT molecular complexity index is 4670. The number of hydrogen-bond donors (Lipinski definition) is 0. The topological polar surface area (TPSA) is 6.48 Å². The van der Waals surface area contributed by atoms with Crippen molar-refractivity contribution in [3.63, 3.8) is 0 Å². The van der Waals surface area contributed by atoms with E-state index in [0.717, 1.165) is 11.4 Å². The Morgan fingerprint density at radius 2 is 0.607 bits per heavy atom. The van der Waals surface area contributed by atoms with Crippen LogP contribution in [-0.2, 0) is 0 Å². The minimum Gasteiger partial charge on any atom is -0.310 e. The molecule has 13 aromatic carbocycles. The van der Waals surface area contributed by atoms with Crippen LogP contribution in [0, 0.1) is 6.92 Å². The summed E-state index contributed by atoms with van der Waals surface area (Å²) in [4.78, 5) is 5.30. The zero-order valence-electron chi connectivity index (χ0n) is 46.0. The predicted molar refractivity (Wildman–Crippen MR) is 364 cm³/mol. The Balaban J connectivity index is 1.02. The van der Waals surface area contributed by atoms with Gasteiger partial charge >= 0.3 is 0 Å². The summed E-state index contributed by atoms with van der Waals surface area (Å²) >= 11 is 3.80. The van der Waals surface area contributed by atoms with E-state index in [4.69, 9.17) is 0 Å². The number of hydrogen-bond acceptors (Lipinski definition) is 4. The quantitative estimate of drug-likeness (QED) is 0.140. The lowest BCUT2D eigenvalue weighted by Crippen LogP contribution is -2.61. The number of aryl methyl sites for hydroxylation is 1. The average Bonchev–Trinajstić information content (AvgIpc) is 1.15. The molecule has 0 amide bonds. The van der Waals surface area contributed by atoms with Gasteiger partial charge in [0, 0.05) is 85.3 Å². The number of nitrogens with zero attached hydrogens (tertiary/aromatic N) is 2. The van der Waals surface area contributed by atoms with E-state index >= 15 is 0 Å². The molecular formula is C79H51BN2S2. The number of anilines is 6. The Morgan fingerprint density at radius 1 is 0.274 bits per heavy atom. The molecule has 0 bridgehead atoms. The summed E-state index contributed by atoms with van der Waals surface area (Å²) in [6.45, 7) is 2.11. The van der Waals surface area contributed by atoms with E-state index < -0.39 is 0 Å². The Morgan fingerprint density at radius 3 is 1.00 bits per heavy atom. The summed E-state index contributed by atoms with van der Waals surface area (Å²) in [5.41, 5.74) is 26.2. The molecule has 0 fully saturated rings. The third kappa shape index (κ3) is 7.63. The molecule has 15 aromatic rings. The highest BCUT2D eigenvalue weighted by molar-refractivity contribution is 7.26. The van der Waals surface area contributed by atoms with Crippen molar-refractivity contribution in [3.05, 3.63) is 297 Å². The molecule has 2 aliphatic rings. The van der Waals surface area contributed by atoms with Crippen LogP contribution >= 0.6 is 22.7 Å². The molecule has 4 heterocycles. The maximum atomic E-state index is 2.65. The maximum Gasteiger partial charge on any atom is 0.252 e. The molecule has 392 valence electrons. The van der Waals surface area contributed by atoms with Gasteiger partial charge in [0.2, 0.25) is 0 Å². The second-order valence-electron chi connectivity index (χ2n) is 22.3. The van der Waals surface area contributed by atoms with Crippen LogP contribution < -0.4 is 26.2 Å². The molecule has 17 rings (SSSR count). The first-order valence-electron chi connectivity index (χ1n) is 28.9. The maximum absolute atomic E-state index is 2.65. The molecule has 2 aromatic heterocycles. The number of benzene rings is 13. The molecule has 0 unspecified atom stereocenters. The molecule has 0 radical (unpaired) electrons. The van der Waals surface area contributed by atoms with Crippen LogP contribution in [0.3, 0.4) is 0 Å². The summed E-state index contributed by atoms with van der Waals surface area (Å²) in [5, 5.41) is 5.20. The van der Waals surface area contributed by atoms with Crippen molar-refractivity contribution < 1.29 is 0 Å². The molecular weight excluding hydrogens is 1050 g/mol. The molecule has 5 heteroatoms. The molecule has 0 aliphatic carbocycles. The van der Waals surface area contributed by atoms with Gasteiger partial charge in [-0.15, -0.1) is 22.7 Å². The number of thiophene rings is 2. The molecule has 0 saturated carbocycles. The van der Waals surface area contributed by atoms with E-state index in [1.807, 2.05) is 22.7 Å². The van der Waals surface area contributed by atoms with Crippen LogP contribution in [0.25, 0.3) is 107 Å². The van der Waals surface area contributed by atoms with Crippen molar-refractivity contribution in [2.75, 3.05) is 9.80 Å². The van der Waals surface area contributed by atoms with Gasteiger partial charge in [-0.05, 0) is 110 Å². The monoisotopic (exact) mass is 1100 g/mol. The van der Waals surface area contributed by atoms with Crippen LogP contribution in [0.15, 0.2) is 291 Å². The van der Waals surface area contributed by atoms with Crippen molar-refractivity contribution in [1.29, 1.82) is 0 Å². The van der Waals surface area contributed by atoms with Crippen LogP contribution in [-0.4, -0.2) is 6.71 Å². The molecule has 0 N–H and O–H groups in total. The summed E-state index contributed by atoms with van der Waals surface area (Å²) in [7, 11) is 0. The van der Waals surface area contributed by atoms with Crippen LogP contribution in [0.1, 0.15) is 5.56 Å². The van der Waals surface area contributed by atoms with Crippen LogP contribution in [0.5, 0.6) is 0 Å². The minimum atomic E-state index is -0.177. The van der Waals surface area contributed by atoms with Crippen LogP contribution in [0.4, 0.5) is 34.1 Å². The molecule has 0 saturated heterocycles. The molecule has 2 aliphatic heterocycles.